The van der Waals surface area contributed by atoms with Gasteiger partial charge in [0, 0.05) is 20.1 Å². The number of sulfonamides is 1. The molecule has 1 N–H and O–H groups in total. The zero-order valence-electron chi connectivity index (χ0n) is 13.2. The average molecular weight is 310 g/mol. The van der Waals surface area contributed by atoms with Gasteiger partial charge in [-0.05, 0) is 37.8 Å². The standard InChI is InChI=1S/C16H26N2O2S/c1-13(14-9-5-4-6-10-14)17-15-11-7-8-12-16(15)21(19,20)18(2)3/h7-8,11-14,17H,4-6,9-10H2,1-3H3. The molecule has 1 saturated carbocycles. The monoisotopic (exact) mass is 310 g/mol. The lowest BCUT2D eigenvalue weighted by atomic mass is 9.84. The second kappa shape index (κ2) is 6.79. The van der Waals surface area contributed by atoms with E-state index in [0.29, 0.717) is 22.5 Å². The predicted molar refractivity (Wildman–Crippen MR) is 87.0 cm³/mol. The van der Waals surface area contributed by atoms with Crippen LogP contribution in [0.4, 0.5) is 5.69 Å². The molecule has 0 aliphatic heterocycles. The van der Waals surface area contributed by atoms with Crippen LogP contribution in [0.15, 0.2) is 29.2 Å². The molecule has 5 heteroatoms. The number of nitrogens with zero attached hydrogens (tertiary/aromatic N) is 1. The summed E-state index contributed by atoms with van der Waals surface area (Å²) >= 11 is 0. The Labute approximate surface area is 128 Å². The predicted octanol–water partition coefficient (Wildman–Crippen LogP) is 3.32. The normalized spacial score (nSPS) is 18.7. The van der Waals surface area contributed by atoms with Crippen LogP contribution in [0.5, 0.6) is 0 Å². The van der Waals surface area contributed by atoms with Crippen molar-refractivity contribution in [1.29, 1.82) is 0 Å². The summed E-state index contributed by atoms with van der Waals surface area (Å²) in [6.07, 6.45) is 6.37. The van der Waals surface area contributed by atoms with Gasteiger partial charge in [-0.1, -0.05) is 31.4 Å². The highest BCUT2D eigenvalue weighted by atomic mass is 32.2. The van der Waals surface area contributed by atoms with Gasteiger partial charge in [-0.3, -0.25) is 0 Å². The van der Waals surface area contributed by atoms with E-state index in [0.717, 1.165) is 0 Å². The summed E-state index contributed by atoms with van der Waals surface area (Å²) in [6, 6.07) is 7.47. The summed E-state index contributed by atoms with van der Waals surface area (Å²) in [6.45, 7) is 2.16. The van der Waals surface area contributed by atoms with E-state index in [1.54, 1.807) is 26.2 Å². The van der Waals surface area contributed by atoms with E-state index in [1.165, 1.54) is 36.4 Å². The van der Waals surface area contributed by atoms with Crippen LogP contribution in [0.25, 0.3) is 0 Å². The molecule has 0 saturated heterocycles. The summed E-state index contributed by atoms with van der Waals surface area (Å²) < 4.78 is 26.1. The number of hydrogen-bond acceptors (Lipinski definition) is 3. The van der Waals surface area contributed by atoms with Crippen molar-refractivity contribution < 1.29 is 8.42 Å². The first-order valence-corrected chi connectivity index (χ1v) is 9.15. The van der Waals surface area contributed by atoms with Crippen molar-refractivity contribution >= 4 is 15.7 Å². The van der Waals surface area contributed by atoms with Crippen molar-refractivity contribution in [2.75, 3.05) is 19.4 Å². The summed E-state index contributed by atoms with van der Waals surface area (Å²) in [4.78, 5) is 0.359. The molecule has 0 amide bonds. The lowest BCUT2D eigenvalue weighted by Gasteiger charge is -2.29. The molecule has 0 spiro atoms. The molecule has 1 atom stereocenters. The van der Waals surface area contributed by atoms with E-state index in [-0.39, 0.29) is 0 Å². The smallest absolute Gasteiger partial charge is 0.244 e. The van der Waals surface area contributed by atoms with Gasteiger partial charge in [-0.2, -0.15) is 0 Å². The number of anilines is 1. The summed E-state index contributed by atoms with van der Waals surface area (Å²) in [7, 11) is -0.281. The zero-order chi connectivity index (χ0) is 15.5. The van der Waals surface area contributed by atoms with Crippen LogP contribution in [-0.4, -0.2) is 32.9 Å². The maximum Gasteiger partial charge on any atom is 0.244 e. The third kappa shape index (κ3) is 3.77. The molecule has 0 radical (unpaired) electrons. The fraction of sp³-hybridized carbons (Fsp3) is 0.625. The number of rotatable bonds is 5. The first-order chi connectivity index (χ1) is 9.93. The molecule has 1 fully saturated rings. The highest BCUT2D eigenvalue weighted by Gasteiger charge is 2.24. The number of benzene rings is 1. The second-order valence-corrected chi connectivity index (χ2v) is 8.23. The summed E-state index contributed by atoms with van der Waals surface area (Å²) in [5.74, 6) is 0.633. The van der Waals surface area contributed by atoms with Crippen molar-refractivity contribution in [3.8, 4) is 0 Å². The van der Waals surface area contributed by atoms with E-state index < -0.39 is 10.0 Å². The van der Waals surface area contributed by atoms with Crippen LogP contribution >= 0.6 is 0 Å². The molecule has 1 aromatic carbocycles. The van der Waals surface area contributed by atoms with Crippen molar-refractivity contribution in [2.24, 2.45) is 5.92 Å². The molecule has 1 aliphatic rings. The van der Waals surface area contributed by atoms with Gasteiger partial charge < -0.3 is 5.32 Å². The van der Waals surface area contributed by atoms with Crippen LogP contribution in [0.2, 0.25) is 0 Å². The Kier molecular flexibility index (Phi) is 5.27. The number of hydrogen-bond donors (Lipinski definition) is 1. The van der Waals surface area contributed by atoms with Crippen LogP contribution < -0.4 is 5.32 Å². The van der Waals surface area contributed by atoms with Gasteiger partial charge in [0.15, 0.2) is 0 Å². The quantitative estimate of drug-likeness (QED) is 0.907. The molecular formula is C16H26N2O2S. The highest BCUT2D eigenvalue weighted by molar-refractivity contribution is 7.89. The topological polar surface area (TPSA) is 49.4 Å². The van der Waals surface area contributed by atoms with Crippen LogP contribution in [-0.2, 0) is 10.0 Å². The second-order valence-electron chi connectivity index (χ2n) is 6.11. The molecule has 1 aromatic rings. The van der Waals surface area contributed by atoms with E-state index in [2.05, 4.69) is 12.2 Å². The fourth-order valence-corrected chi connectivity index (χ4v) is 4.05. The van der Waals surface area contributed by atoms with Crippen molar-refractivity contribution in [1.82, 2.24) is 4.31 Å². The lowest BCUT2D eigenvalue weighted by Crippen LogP contribution is -2.29. The van der Waals surface area contributed by atoms with Crippen molar-refractivity contribution in [3.63, 3.8) is 0 Å². The van der Waals surface area contributed by atoms with Crippen LogP contribution in [0, 0.1) is 5.92 Å². The molecule has 21 heavy (non-hydrogen) atoms. The van der Waals surface area contributed by atoms with E-state index in [9.17, 15) is 8.42 Å². The third-order valence-corrected chi connectivity index (χ3v) is 6.26. The highest BCUT2D eigenvalue weighted by Crippen LogP contribution is 2.30. The minimum atomic E-state index is -3.41. The third-order valence-electron chi connectivity index (χ3n) is 4.39. The molecule has 0 heterocycles. The Hall–Kier alpha value is -1.07. The molecular weight excluding hydrogens is 284 g/mol. The van der Waals surface area contributed by atoms with Gasteiger partial charge in [-0.15, -0.1) is 0 Å². The lowest BCUT2D eigenvalue weighted by molar-refractivity contribution is 0.328. The van der Waals surface area contributed by atoms with Crippen LogP contribution in [0.1, 0.15) is 39.0 Å². The Morgan fingerprint density at radius 1 is 1.14 bits per heavy atom. The van der Waals surface area contributed by atoms with E-state index in [4.69, 9.17) is 0 Å². The number of nitrogens with one attached hydrogen (secondary N) is 1. The largest absolute Gasteiger partial charge is 0.381 e. The first kappa shape index (κ1) is 16.3. The SMILES string of the molecule is CC(Nc1ccccc1S(=O)(=O)N(C)C)C1CCCCC1. The first-order valence-electron chi connectivity index (χ1n) is 7.71. The fourth-order valence-electron chi connectivity index (χ4n) is 3.00. The minimum Gasteiger partial charge on any atom is -0.381 e. The molecule has 1 unspecified atom stereocenters. The van der Waals surface area contributed by atoms with Crippen LogP contribution in [0.3, 0.4) is 0 Å². The summed E-state index contributed by atoms with van der Waals surface area (Å²) in [5, 5.41) is 3.44. The van der Waals surface area contributed by atoms with Gasteiger partial charge in [0.2, 0.25) is 10.0 Å². The maximum absolute atomic E-state index is 12.4. The summed E-state index contributed by atoms with van der Waals surface area (Å²) in [5.41, 5.74) is 0.712. The van der Waals surface area contributed by atoms with Crippen molar-refractivity contribution in [3.05, 3.63) is 24.3 Å². The molecule has 4 nitrogen and oxygen atoms in total. The Morgan fingerprint density at radius 3 is 2.38 bits per heavy atom. The van der Waals surface area contributed by atoms with Gasteiger partial charge in [0.1, 0.15) is 4.90 Å². The maximum atomic E-state index is 12.4. The molecule has 118 valence electrons. The Bertz CT molecular complexity index is 563. The molecule has 1 aliphatic carbocycles. The zero-order valence-corrected chi connectivity index (χ0v) is 14.0. The van der Waals surface area contributed by atoms with Crippen molar-refractivity contribution in [2.45, 2.75) is 50.0 Å². The van der Waals surface area contributed by atoms with Gasteiger partial charge in [0.05, 0.1) is 5.69 Å². The number of para-hydroxylation sites is 1. The Balaban J connectivity index is 2.20. The molecule has 0 bridgehead atoms. The van der Waals surface area contributed by atoms with Gasteiger partial charge >= 0.3 is 0 Å². The average Bonchev–Trinajstić information content (AvgIpc) is 2.48. The van der Waals surface area contributed by atoms with E-state index >= 15 is 0 Å². The molecule has 0 aromatic heterocycles. The van der Waals surface area contributed by atoms with E-state index in [1.807, 2.05) is 12.1 Å². The van der Waals surface area contributed by atoms with Gasteiger partial charge in [-0.25, -0.2) is 12.7 Å². The van der Waals surface area contributed by atoms with Gasteiger partial charge in [0.25, 0.3) is 0 Å². The minimum absolute atomic E-state index is 0.295. The molecule has 2 rings (SSSR count). The Morgan fingerprint density at radius 2 is 1.76 bits per heavy atom.